The number of benzene rings is 1. The molecule has 0 amide bonds. The molecule has 8 heteroatoms. The number of nitrogens with zero attached hydrogens (tertiary/aromatic N) is 5. The van der Waals surface area contributed by atoms with Crippen LogP contribution in [-0.2, 0) is 6.54 Å². The maximum atomic E-state index is 13.9. The summed E-state index contributed by atoms with van der Waals surface area (Å²) in [6.07, 6.45) is 1.51. The summed E-state index contributed by atoms with van der Waals surface area (Å²) >= 11 is 0. The number of nitrogens with one attached hydrogen (secondary N) is 1. The largest absolute Gasteiger partial charge is 0.371 e. The zero-order chi connectivity index (χ0) is 16.6. The molecule has 1 N–H and O–H groups in total. The van der Waals surface area contributed by atoms with Crippen molar-refractivity contribution in [2.24, 2.45) is 0 Å². The molecule has 0 atom stereocenters. The van der Waals surface area contributed by atoms with Gasteiger partial charge in [0.1, 0.15) is 11.6 Å². The van der Waals surface area contributed by atoms with Crippen molar-refractivity contribution in [3.05, 3.63) is 41.7 Å². The first-order valence-electron chi connectivity index (χ1n) is 7.02. The first-order chi connectivity index (χ1) is 11.0. The molecular weight excluding hydrogens is 302 g/mol. The van der Waals surface area contributed by atoms with Crippen molar-refractivity contribution in [1.29, 1.82) is 0 Å². The van der Waals surface area contributed by atoms with Crippen LogP contribution in [0.3, 0.4) is 0 Å². The third kappa shape index (κ3) is 2.67. The normalized spacial score (nSPS) is 11.0. The monoisotopic (exact) mass is 318 g/mol. The highest BCUT2D eigenvalue weighted by atomic mass is 19.1. The molecule has 2 heterocycles. The molecule has 0 bridgehead atoms. The molecule has 23 heavy (non-hydrogen) atoms. The van der Waals surface area contributed by atoms with E-state index in [1.54, 1.807) is 16.5 Å². The Balaban J connectivity index is 2.13. The quantitative estimate of drug-likeness (QED) is 0.799. The molecule has 0 saturated carbocycles. The van der Waals surface area contributed by atoms with Gasteiger partial charge in [0.25, 0.3) is 0 Å². The van der Waals surface area contributed by atoms with Gasteiger partial charge in [0, 0.05) is 26.7 Å². The molecule has 1 aromatic carbocycles. The second kappa shape index (κ2) is 5.79. The summed E-state index contributed by atoms with van der Waals surface area (Å²) in [7, 11) is 5.37. The van der Waals surface area contributed by atoms with Crippen molar-refractivity contribution in [3.8, 4) is 0 Å². The second-order valence-electron chi connectivity index (χ2n) is 5.26. The van der Waals surface area contributed by atoms with E-state index in [-0.39, 0.29) is 12.1 Å². The molecule has 3 rings (SSSR count). The van der Waals surface area contributed by atoms with Gasteiger partial charge in [-0.1, -0.05) is 6.07 Å². The van der Waals surface area contributed by atoms with Gasteiger partial charge in [-0.05, 0) is 12.1 Å². The molecule has 0 radical (unpaired) electrons. The Morgan fingerprint density at radius 1 is 1.17 bits per heavy atom. The molecule has 0 spiro atoms. The van der Waals surface area contributed by atoms with Crippen LogP contribution in [0.1, 0.15) is 5.56 Å². The van der Waals surface area contributed by atoms with E-state index in [2.05, 4.69) is 20.3 Å². The zero-order valence-corrected chi connectivity index (χ0v) is 13.0. The van der Waals surface area contributed by atoms with Crippen LogP contribution in [0.2, 0.25) is 0 Å². The summed E-state index contributed by atoms with van der Waals surface area (Å²) in [6.45, 7) is 0.00203. The van der Waals surface area contributed by atoms with Crippen LogP contribution in [0.5, 0.6) is 0 Å². The van der Waals surface area contributed by atoms with Gasteiger partial charge in [0.15, 0.2) is 17.0 Å². The molecule has 0 saturated heterocycles. The number of aromatic nitrogens is 4. The van der Waals surface area contributed by atoms with E-state index in [0.29, 0.717) is 22.9 Å². The fourth-order valence-corrected chi connectivity index (χ4v) is 2.28. The Bertz CT molecular complexity index is 838. The molecule has 0 fully saturated rings. The SMILES string of the molecule is CNc1nc(N(C)C)nc2c1ncn2Cc1c(F)cccc1F. The summed E-state index contributed by atoms with van der Waals surface area (Å²) in [5, 5.41) is 2.96. The maximum Gasteiger partial charge on any atom is 0.228 e. The van der Waals surface area contributed by atoms with Crippen LogP contribution >= 0.6 is 0 Å². The van der Waals surface area contributed by atoms with Gasteiger partial charge in [-0.25, -0.2) is 13.8 Å². The van der Waals surface area contributed by atoms with E-state index >= 15 is 0 Å². The van der Waals surface area contributed by atoms with Gasteiger partial charge < -0.3 is 14.8 Å². The minimum absolute atomic E-state index is 0.00203. The Morgan fingerprint density at radius 3 is 2.48 bits per heavy atom. The molecule has 0 aliphatic carbocycles. The molecule has 120 valence electrons. The third-order valence-corrected chi connectivity index (χ3v) is 3.48. The van der Waals surface area contributed by atoms with Gasteiger partial charge in [-0.3, -0.25) is 0 Å². The Morgan fingerprint density at radius 2 is 1.87 bits per heavy atom. The lowest BCUT2D eigenvalue weighted by Gasteiger charge is -2.13. The predicted octanol–water partition coefficient (Wildman–Crippen LogP) is 2.26. The van der Waals surface area contributed by atoms with Crippen molar-refractivity contribution in [2.75, 3.05) is 31.4 Å². The molecule has 2 aromatic heterocycles. The van der Waals surface area contributed by atoms with Crippen LogP contribution in [0.15, 0.2) is 24.5 Å². The minimum atomic E-state index is -0.595. The van der Waals surface area contributed by atoms with Crippen molar-refractivity contribution in [1.82, 2.24) is 19.5 Å². The minimum Gasteiger partial charge on any atom is -0.371 e. The van der Waals surface area contributed by atoms with Crippen molar-refractivity contribution in [3.63, 3.8) is 0 Å². The van der Waals surface area contributed by atoms with Crippen molar-refractivity contribution >= 4 is 22.9 Å². The number of halogens is 2. The van der Waals surface area contributed by atoms with Crippen LogP contribution in [0.4, 0.5) is 20.5 Å². The number of imidazole rings is 1. The van der Waals surface area contributed by atoms with E-state index < -0.39 is 11.6 Å². The van der Waals surface area contributed by atoms with Crippen LogP contribution in [0.25, 0.3) is 11.2 Å². The molecule has 0 aliphatic heterocycles. The Hall–Kier alpha value is -2.77. The summed E-state index contributed by atoms with van der Waals surface area (Å²) < 4.78 is 29.3. The zero-order valence-electron chi connectivity index (χ0n) is 13.0. The molecule has 3 aromatic rings. The van der Waals surface area contributed by atoms with Gasteiger partial charge in [-0.15, -0.1) is 0 Å². The first-order valence-corrected chi connectivity index (χ1v) is 7.02. The number of hydrogen-bond donors (Lipinski definition) is 1. The molecular formula is C15H16F2N6. The lowest BCUT2D eigenvalue weighted by Crippen LogP contribution is -2.14. The van der Waals surface area contributed by atoms with Crippen LogP contribution < -0.4 is 10.2 Å². The average Bonchev–Trinajstić information content (AvgIpc) is 2.93. The Labute approximate surface area is 131 Å². The maximum absolute atomic E-state index is 13.9. The number of hydrogen-bond acceptors (Lipinski definition) is 5. The summed E-state index contributed by atoms with van der Waals surface area (Å²) in [6, 6.07) is 3.80. The number of fused-ring (bicyclic) bond motifs is 1. The van der Waals surface area contributed by atoms with E-state index in [0.717, 1.165) is 0 Å². The van der Waals surface area contributed by atoms with Crippen LogP contribution in [-0.4, -0.2) is 40.7 Å². The van der Waals surface area contributed by atoms with Gasteiger partial charge in [0.2, 0.25) is 5.95 Å². The number of anilines is 2. The summed E-state index contributed by atoms with van der Waals surface area (Å²) in [5.41, 5.74) is 1.04. The molecule has 0 unspecified atom stereocenters. The van der Waals surface area contributed by atoms with Crippen molar-refractivity contribution < 1.29 is 8.78 Å². The highest BCUT2D eigenvalue weighted by Crippen LogP contribution is 2.23. The molecule has 6 nitrogen and oxygen atoms in total. The van der Waals surface area contributed by atoms with Crippen LogP contribution in [0, 0.1) is 11.6 Å². The van der Waals surface area contributed by atoms with Gasteiger partial charge >= 0.3 is 0 Å². The predicted molar refractivity (Wildman–Crippen MR) is 84.7 cm³/mol. The topological polar surface area (TPSA) is 58.9 Å². The first kappa shape index (κ1) is 15.1. The lowest BCUT2D eigenvalue weighted by atomic mass is 10.2. The number of rotatable bonds is 4. The van der Waals surface area contributed by atoms with Gasteiger partial charge in [0.05, 0.1) is 12.9 Å². The standard InChI is InChI=1S/C15H16F2N6/c1-18-13-12-14(21-15(20-13)22(2)3)23(8-19-12)7-9-10(16)5-4-6-11(9)17/h4-6,8H,7H2,1-3H3,(H,18,20,21). The van der Waals surface area contributed by atoms with E-state index in [1.165, 1.54) is 24.5 Å². The summed E-state index contributed by atoms with van der Waals surface area (Å²) in [4.78, 5) is 14.8. The Kier molecular flexibility index (Phi) is 3.81. The lowest BCUT2D eigenvalue weighted by molar-refractivity contribution is 0.546. The second-order valence-corrected chi connectivity index (χ2v) is 5.26. The smallest absolute Gasteiger partial charge is 0.228 e. The molecule has 0 aliphatic rings. The van der Waals surface area contributed by atoms with E-state index in [1.807, 2.05) is 14.1 Å². The van der Waals surface area contributed by atoms with Crippen molar-refractivity contribution in [2.45, 2.75) is 6.54 Å². The highest BCUT2D eigenvalue weighted by Gasteiger charge is 2.16. The van der Waals surface area contributed by atoms with Gasteiger partial charge in [-0.2, -0.15) is 9.97 Å². The fraction of sp³-hybridized carbons (Fsp3) is 0.267. The third-order valence-electron chi connectivity index (χ3n) is 3.48. The van der Waals surface area contributed by atoms with E-state index in [4.69, 9.17) is 0 Å². The average molecular weight is 318 g/mol. The highest BCUT2D eigenvalue weighted by molar-refractivity contribution is 5.84. The fourth-order valence-electron chi connectivity index (χ4n) is 2.28. The summed E-state index contributed by atoms with van der Waals surface area (Å²) in [5.74, 6) is -0.144. The van der Waals surface area contributed by atoms with E-state index in [9.17, 15) is 8.78 Å².